The fourth-order valence-electron chi connectivity index (χ4n) is 14.0. The van der Waals surface area contributed by atoms with Crippen molar-refractivity contribution >= 4 is 76.8 Å². The molecule has 12 atom stereocenters. The SMILES string of the molecule is CCCCCCCCCCCC(=O)N[C@H](CC(C)C)C(=O)N[C@@H](Cc1c[nH]cn1)C(=O)N[C@@H](Cc1c[nH]cn1)C(=O)N[C@H](CC(C)C)C(=O)N[C@H](CC(C)C)C(=O)N[C@@H](Cc1c[nH]cn1)C(=O)N[C@@H](Cc1c[nH]cn1)C(=O)N[C@H](CC(C)C)C(=O)N[C@H](CC(C)C)C(=O)N[C@@H](Cc1c[nH]cn1)C(=O)N[C@@H](Cc1c[nH]cn1)C(=O)N[C@H](CC(C)C)C(N)=O. The molecule has 0 saturated heterocycles. The van der Waals surface area contributed by atoms with Crippen LogP contribution in [0, 0.1) is 35.5 Å². The Morgan fingerprint density at radius 1 is 0.254 bits per heavy atom. The molecule has 20 N–H and O–H groups in total. The number of primary amides is 1. The summed E-state index contributed by atoms with van der Waals surface area (Å²) in [4.78, 5) is 231. The summed E-state index contributed by atoms with van der Waals surface area (Å²) in [6.45, 7) is 24.2. The summed E-state index contributed by atoms with van der Waals surface area (Å²) in [7, 11) is 0. The van der Waals surface area contributed by atoms with Gasteiger partial charge in [0.2, 0.25) is 76.8 Å². The average molecular weight is 1700 g/mol. The Hall–Kier alpha value is -11.6. The van der Waals surface area contributed by atoms with E-state index in [9.17, 15) is 47.9 Å². The molecule has 0 aliphatic heterocycles. The minimum absolute atomic E-state index is 0.00973. The lowest BCUT2D eigenvalue weighted by Gasteiger charge is -2.29. The van der Waals surface area contributed by atoms with E-state index in [0.29, 0.717) is 40.6 Å². The number of imidazole rings is 6. The number of aromatic amines is 6. The lowest BCUT2D eigenvalue weighted by atomic mass is 9.98. The van der Waals surface area contributed by atoms with Crippen LogP contribution >= 0.6 is 0 Å². The van der Waals surface area contributed by atoms with Crippen LogP contribution in [0.15, 0.2) is 75.1 Å². The Morgan fingerprint density at radius 3 is 0.615 bits per heavy atom. The van der Waals surface area contributed by atoms with E-state index in [1.165, 1.54) is 94.6 Å². The number of H-pyrrole nitrogens is 6. The zero-order valence-electron chi connectivity index (χ0n) is 72.9. The molecule has 6 rings (SSSR count). The van der Waals surface area contributed by atoms with E-state index in [0.717, 1.165) is 25.7 Å². The van der Waals surface area contributed by atoms with Gasteiger partial charge in [-0.25, -0.2) is 29.9 Å². The second kappa shape index (κ2) is 51.9. The highest BCUT2D eigenvalue weighted by atomic mass is 16.2. The standard InChI is InChI=1S/C84H133N25O13/c1-14-15-16-17-18-19-20-21-22-23-72(110)98-61(25-49(4)5)74(112)104-69(33-57-39-89-45-95-57)82(120)108-67(31-55-37-87-43-93-55)80(118)102-62(26-50(6)7)75(113)101-65(29-53(12)13)78(116)106-71(35-59-41-91-47-97-59)84(122)109-68(32-56-38-88-44-94-56)81(119)103-63(27-51(8)9)76(114)100-64(28-52(10)11)77(115)105-70(34-58-40-90-46-96-58)83(121)107-66(30-54-36-86-42-92-54)79(117)99-60(73(85)111)24-48(2)3/h36-53,60-71H,14-35H2,1-13H3,(H2,85,111)(H,86,92)(H,87,93)(H,88,94)(H,89,95)(H,90,96)(H,91,97)(H,98,110)(H,99,117)(H,100,114)(H,101,113)(H,102,118)(H,103,119)(H,104,112)(H,105,115)(H,106,116)(H,107,121)(H,108,120)(H,109,122)/t60-,61-,62-,63-,64-,65-,66+,67+,68+,69+,70+,71+/m1/s1. The third-order valence-corrected chi connectivity index (χ3v) is 20.2. The number of carbonyl (C=O) groups is 13. The van der Waals surface area contributed by atoms with Crippen molar-refractivity contribution in [3.8, 4) is 0 Å². The van der Waals surface area contributed by atoms with Crippen LogP contribution in [0.5, 0.6) is 0 Å². The highest BCUT2D eigenvalue weighted by Crippen LogP contribution is 2.18. The molecule has 0 aromatic carbocycles. The second-order valence-corrected chi connectivity index (χ2v) is 34.1. The fourth-order valence-corrected chi connectivity index (χ4v) is 14.0. The van der Waals surface area contributed by atoms with Crippen LogP contribution in [0.2, 0.25) is 0 Å². The topological polar surface area (TPSA) is 564 Å². The minimum Gasteiger partial charge on any atom is -0.368 e. The molecule has 0 unspecified atom stereocenters. The first-order valence-corrected chi connectivity index (χ1v) is 42.9. The minimum atomic E-state index is -1.51. The number of amides is 13. The van der Waals surface area contributed by atoms with Gasteiger partial charge in [0.15, 0.2) is 0 Å². The van der Waals surface area contributed by atoms with Gasteiger partial charge in [-0.2, -0.15) is 0 Å². The summed E-state index contributed by atoms with van der Waals surface area (Å²) in [5.41, 5.74) is 7.81. The van der Waals surface area contributed by atoms with Gasteiger partial charge < -0.3 is 99.4 Å². The molecule has 0 aliphatic carbocycles. The predicted molar refractivity (Wildman–Crippen MR) is 455 cm³/mol. The number of aromatic nitrogens is 12. The van der Waals surface area contributed by atoms with E-state index in [-0.39, 0.29) is 125 Å². The van der Waals surface area contributed by atoms with Crippen LogP contribution < -0.4 is 69.5 Å². The summed E-state index contributed by atoms with van der Waals surface area (Å²) >= 11 is 0. The van der Waals surface area contributed by atoms with Crippen LogP contribution in [-0.2, 0) is 101 Å². The van der Waals surface area contributed by atoms with Crippen molar-refractivity contribution in [2.24, 2.45) is 41.2 Å². The number of nitrogens with two attached hydrogens (primary N) is 1. The van der Waals surface area contributed by atoms with Gasteiger partial charge in [0.1, 0.15) is 72.5 Å². The Morgan fingerprint density at radius 2 is 0.426 bits per heavy atom. The molecular formula is C84H133N25O13. The fraction of sp³-hybridized carbons (Fsp3) is 0.631. The third-order valence-electron chi connectivity index (χ3n) is 20.2. The molecule has 0 radical (unpaired) electrons. The molecule has 38 nitrogen and oxygen atoms in total. The summed E-state index contributed by atoms with van der Waals surface area (Å²) in [5, 5.41) is 33.6. The van der Waals surface area contributed by atoms with Gasteiger partial charge >= 0.3 is 0 Å². The van der Waals surface area contributed by atoms with Crippen LogP contribution in [0.1, 0.15) is 227 Å². The van der Waals surface area contributed by atoms with Gasteiger partial charge in [-0.1, -0.05) is 141 Å². The maximum Gasteiger partial charge on any atom is 0.243 e. The second-order valence-electron chi connectivity index (χ2n) is 34.1. The molecule has 672 valence electrons. The van der Waals surface area contributed by atoms with Gasteiger partial charge in [-0.3, -0.25) is 62.3 Å². The van der Waals surface area contributed by atoms with Crippen molar-refractivity contribution in [2.75, 3.05) is 0 Å². The Balaban J connectivity index is 1.21. The number of rotatable bonds is 58. The van der Waals surface area contributed by atoms with E-state index in [1.54, 1.807) is 6.20 Å². The molecule has 6 aromatic rings. The van der Waals surface area contributed by atoms with Crippen molar-refractivity contribution in [2.45, 2.75) is 304 Å². The molecule has 0 saturated carbocycles. The largest absolute Gasteiger partial charge is 0.368 e. The van der Waals surface area contributed by atoms with Gasteiger partial charge in [-0.05, 0) is 80.5 Å². The molecule has 13 amide bonds. The van der Waals surface area contributed by atoms with Gasteiger partial charge in [0, 0.05) is 82.1 Å². The number of nitrogens with one attached hydrogen (secondary N) is 18. The monoisotopic (exact) mass is 1700 g/mol. The van der Waals surface area contributed by atoms with E-state index < -0.39 is 143 Å². The normalized spacial score (nSPS) is 14.5. The van der Waals surface area contributed by atoms with Crippen molar-refractivity contribution in [1.29, 1.82) is 0 Å². The maximum absolute atomic E-state index is 15.1. The molecule has 38 heteroatoms. The first-order valence-electron chi connectivity index (χ1n) is 42.9. The zero-order chi connectivity index (χ0) is 89.4. The Kier molecular flexibility index (Phi) is 42.2. The maximum atomic E-state index is 15.1. The zero-order valence-corrected chi connectivity index (χ0v) is 72.9. The number of hydrogen-bond acceptors (Lipinski definition) is 19. The van der Waals surface area contributed by atoms with E-state index in [2.05, 4.69) is 131 Å². The molecule has 0 spiro atoms. The van der Waals surface area contributed by atoms with Crippen LogP contribution in [0.25, 0.3) is 0 Å². The molecule has 0 bridgehead atoms. The van der Waals surface area contributed by atoms with Crippen molar-refractivity contribution < 1.29 is 62.3 Å². The number of carbonyl (C=O) groups excluding carboxylic acids is 13. The molecule has 122 heavy (non-hydrogen) atoms. The lowest BCUT2D eigenvalue weighted by Crippen LogP contribution is -2.62. The summed E-state index contributed by atoms with van der Waals surface area (Å²) in [6, 6.07) is -16.0. The quantitative estimate of drug-likeness (QED) is 0.0244. The van der Waals surface area contributed by atoms with Crippen molar-refractivity contribution in [3.63, 3.8) is 0 Å². The lowest BCUT2D eigenvalue weighted by molar-refractivity contribution is -0.136. The summed E-state index contributed by atoms with van der Waals surface area (Å²) < 4.78 is 0. The molecular weight excluding hydrogens is 1570 g/mol. The van der Waals surface area contributed by atoms with Crippen LogP contribution in [0.3, 0.4) is 0 Å². The van der Waals surface area contributed by atoms with Crippen molar-refractivity contribution in [3.05, 3.63) is 109 Å². The smallest absolute Gasteiger partial charge is 0.243 e. The molecule has 6 heterocycles. The first kappa shape index (κ1) is 99.2. The van der Waals surface area contributed by atoms with Crippen molar-refractivity contribution in [1.82, 2.24) is 124 Å². The summed E-state index contributed by atoms with van der Waals surface area (Å²) in [5.74, 6) is -10.9. The third kappa shape index (κ3) is 36.4. The van der Waals surface area contributed by atoms with Crippen LogP contribution in [-0.4, -0.2) is 209 Å². The van der Waals surface area contributed by atoms with E-state index >= 15 is 14.4 Å². The number of hydrogen-bond donors (Lipinski definition) is 19. The van der Waals surface area contributed by atoms with Gasteiger partial charge in [0.25, 0.3) is 0 Å². The average Bonchev–Trinajstić information content (AvgIpc) is 1.32. The number of unbranched alkanes of at least 4 members (excludes halogenated alkanes) is 8. The molecule has 6 aromatic heterocycles. The highest BCUT2D eigenvalue weighted by molar-refractivity contribution is 6.00. The van der Waals surface area contributed by atoms with E-state index in [4.69, 9.17) is 5.73 Å². The summed E-state index contributed by atoms with van der Waals surface area (Å²) in [6.07, 6.45) is 26.7. The van der Waals surface area contributed by atoms with Gasteiger partial charge in [-0.15, -0.1) is 0 Å². The first-order chi connectivity index (χ1) is 58.1. The van der Waals surface area contributed by atoms with Crippen LogP contribution in [0.4, 0.5) is 0 Å². The predicted octanol–water partition coefficient (Wildman–Crippen LogP) is 3.28. The van der Waals surface area contributed by atoms with E-state index in [1.807, 2.05) is 83.1 Å². The highest BCUT2D eigenvalue weighted by Gasteiger charge is 2.39. The molecule has 0 aliphatic rings. The van der Waals surface area contributed by atoms with Gasteiger partial charge in [0.05, 0.1) is 72.1 Å². The Labute approximate surface area is 713 Å². The number of nitrogens with zero attached hydrogens (tertiary/aromatic N) is 6. The molecule has 0 fully saturated rings. The Bertz CT molecular complexity index is 4120.